The average Bonchev–Trinajstić information content (AvgIpc) is 2.94. The molecule has 0 bridgehead atoms. The predicted octanol–water partition coefficient (Wildman–Crippen LogP) is 3.59. The number of aryl methyl sites for hydroxylation is 1. The van der Waals surface area contributed by atoms with Gasteiger partial charge in [-0.1, -0.05) is 30.3 Å². The fourth-order valence-corrected chi connectivity index (χ4v) is 3.92. The number of hydrogen-bond acceptors (Lipinski definition) is 4. The molecule has 1 aliphatic rings. The Hall–Kier alpha value is -1.23. The molecule has 0 unspecified atom stereocenters. The Bertz CT molecular complexity index is 581. The Kier molecular flexibility index (Phi) is 5.24. The Morgan fingerprint density at radius 3 is 2.82 bits per heavy atom. The molecule has 1 saturated heterocycles. The van der Waals surface area contributed by atoms with Crippen molar-refractivity contribution in [2.24, 2.45) is 0 Å². The van der Waals surface area contributed by atoms with Crippen molar-refractivity contribution < 1.29 is 0 Å². The molecule has 2 atom stereocenters. The Balaban J connectivity index is 1.48. The predicted molar refractivity (Wildman–Crippen MR) is 93.0 cm³/mol. The van der Waals surface area contributed by atoms with E-state index in [1.807, 2.05) is 5.51 Å². The summed E-state index contributed by atoms with van der Waals surface area (Å²) in [7, 11) is 0. The number of rotatable bonds is 5. The number of hydrogen-bond donors (Lipinski definition) is 1. The first-order chi connectivity index (χ1) is 10.7. The van der Waals surface area contributed by atoms with Gasteiger partial charge in [0.2, 0.25) is 0 Å². The molecule has 1 N–H and O–H groups in total. The number of thiazole rings is 1. The third-order valence-electron chi connectivity index (χ3n) is 4.64. The number of likely N-dealkylation sites (tertiary alicyclic amines) is 1. The highest BCUT2D eigenvalue weighted by Crippen LogP contribution is 2.21. The van der Waals surface area contributed by atoms with Crippen molar-refractivity contribution in [3.8, 4) is 0 Å². The van der Waals surface area contributed by atoms with Gasteiger partial charge in [-0.15, -0.1) is 11.3 Å². The molecular weight excluding hydrogens is 290 g/mol. The zero-order valence-corrected chi connectivity index (χ0v) is 14.3. The summed E-state index contributed by atoms with van der Waals surface area (Å²) in [5, 5.41) is 3.72. The van der Waals surface area contributed by atoms with Crippen molar-refractivity contribution in [2.45, 2.75) is 51.9 Å². The van der Waals surface area contributed by atoms with Crippen LogP contribution in [0.15, 0.2) is 35.8 Å². The number of aromatic nitrogens is 1. The summed E-state index contributed by atoms with van der Waals surface area (Å²) in [5.41, 5.74) is 4.53. The third kappa shape index (κ3) is 3.94. The number of nitrogens with zero attached hydrogens (tertiary/aromatic N) is 2. The van der Waals surface area contributed by atoms with E-state index in [1.165, 1.54) is 35.5 Å². The first-order valence-corrected chi connectivity index (χ1v) is 9.00. The van der Waals surface area contributed by atoms with Gasteiger partial charge >= 0.3 is 0 Å². The Labute approximate surface area is 137 Å². The molecule has 1 aromatic heterocycles. The van der Waals surface area contributed by atoms with Gasteiger partial charge in [0.05, 0.1) is 11.2 Å². The van der Waals surface area contributed by atoms with Crippen LogP contribution in [0, 0.1) is 6.92 Å². The van der Waals surface area contributed by atoms with E-state index in [0.717, 1.165) is 13.1 Å². The summed E-state index contributed by atoms with van der Waals surface area (Å²) >= 11 is 1.76. The van der Waals surface area contributed by atoms with Crippen molar-refractivity contribution in [1.29, 1.82) is 0 Å². The topological polar surface area (TPSA) is 28.2 Å². The summed E-state index contributed by atoms with van der Waals surface area (Å²) in [6, 6.07) is 12.1. The molecule has 22 heavy (non-hydrogen) atoms. The van der Waals surface area contributed by atoms with E-state index in [0.29, 0.717) is 12.1 Å². The first kappa shape index (κ1) is 15.7. The van der Waals surface area contributed by atoms with E-state index in [1.54, 1.807) is 11.3 Å². The minimum atomic E-state index is 0.628. The fraction of sp³-hybridized carbons (Fsp3) is 0.500. The zero-order valence-electron chi connectivity index (χ0n) is 13.5. The molecule has 0 aliphatic carbocycles. The molecular formula is C18H25N3S. The minimum absolute atomic E-state index is 0.628. The lowest BCUT2D eigenvalue weighted by Crippen LogP contribution is -2.46. The molecule has 2 heterocycles. The van der Waals surface area contributed by atoms with Crippen molar-refractivity contribution >= 4 is 11.3 Å². The van der Waals surface area contributed by atoms with Gasteiger partial charge < -0.3 is 5.32 Å². The van der Waals surface area contributed by atoms with E-state index >= 15 is 0 Å². The second-order valence-electron chi connectivity index (χ2n) is 6.27. The van der Waals surface area contributed by atoms with Crippen molar-refractivity contribution in [3.05, 3.63) is 52.0 Å². The van der Waals surface area contributed by atoms with Crippen LogP contribution in [0.5, 0.6) is 0 Å². The van der Waals surface area contributed by atoms with E-state index < -0.39 is 0 Å². The van der Waals surface area contributed by atoms with Crippen LogP contribution in [0.4, 0.5) is 0 Å². The van der Waals surface area contributed by atoms with Crippen LogP contribution in [0.2, 0.25) is 0 Å². The number of nitrogens with one attached hydrogen (secondary N) is 1. The molecule has 0 radical (unpaired) electrons. The molecule has 0 saturated carbocycles. The van der Waals surface area contributed by atoms with Gasteiger partial charge in [-0.05, 0) is 32.3 Å². The lowest BCUT2D eigenvalue weighted by Gasteiger charge is -2.38. The van der Waals surface area contributed by atoms with Crippen LogP contribution in [0.3, 0.4) is 0 Å². The summed E-state index contributed by atoms with van der Waals surface area (Å²) in [6.07, 6.45) is 2.46. The highest BCUT2D eigenvalue weighted by Gasteiger charge is 2.25. The second-order valence-corrected chi connectivity index (χ2v) is 7.21. The summed E-state index contributed by atoms with van der Waals surface area (Å²) in [4.78, 5) is 8.30. The van der Waals surface area contributed by atoms with Crippen LogP contribution in [0.25, 0.3) is 0 Å². The highest BCUT2D eigenvalue weighted by atomic mass is 32.1. The van der Waals surface area contributed by atoms with Gasteiger partial charge in [-0.25, -0.2) is 4.98 Å². The monoisotopic (exact) mass is 315 g/mol. The van der Waals surface area contributed by atoms with Crippen molar-refractivity contribution in [3.63, 3.8) is 0 Å². The normalized spacial score (nSPS) is 22.8. The highest BCUT2D eigenvalue weighted by molar-refractivity contribution is 7.09. The minimum Gasteiger partial charge on any atom is -0.309 e. The maximum absolute atomic E-state index is 4.32. The largest absolute Gasteiger partial charge is 0.309 e. The van der Waals surface area contributed by atoms with Gasteiger partial charge in [0.1, 0.15) is 0 Å². The van der Waals surface area contributed by atoms with Crippen LogP contribution < -0.4 is 5.32 Å². The number of benzene rings is 1. The molecule has 4 heteroatoms. The van der Waals surface area contributed by atoms with Gasteiger partial charge in [-0.3, -0.25) is 4.90 Å². The fourth-order valence-electron chi connectivity index (χ4n) is 3.19. The third-order valence-corrected chi connectivity index (χ3v) is 5.57. The molecule has 2 aromatic rings. The molecule has 0 spiro atoms. The lowest BCUT2D eigenvalue weighted by atomic mass is 9.97. The van der Waals surface area contributed by atoms with Crippen LogP contribution in [-0.4, -0.2) is 28.5 Å². The molecule has 1 aromatic carbocycles. The molecule has 1 fully saturated rings. The first-order valence-electron chi connectivity index (χ1n) is 8.12. The smallest absolute Gasteiger partial charge is 0.0798 e. The zero-order chi connectivity index (χ0) is 15.4. The summed E-state index contributed by atoms with van der Waals surface area (Å²) < 4.78 is 0. The van der Waals surface area contributed by atoms with E-state index in [9.17, 15) is 0 Å². The maximum Gasteiger partial charge on any atom is 0.0798 e. The van der Waals surface area contributed by atoms with E-state index in [2.05, 4.69) is 59.4 Å². The molecule has 3 rings (SSSR count). The SMILES string of the molecule is Cc1ncsc1CN[C@H]1CCN(Cc2ccccc2)[C@H](C)C1. The second kappa shape index (κ2) is 7.36. The molecule has 0 amide bonds. The van der Waals surface area contributed by atoms with E-state index in [-0.39, 0.29) is 0 Å². The average molecular weight is 315 g/mol. The van der Waals surface area contributed by atoms with Crippen LogP contribution >= 0.6 is 11.3 Å². The summed E-state index contributed by atoms with van der Waals surface area (Å²) in [6.45, 7) is 7.66. The quantitative estimate of drug-likeness (QED) is 0.914. The van der Waals surface area contributed by atoms with E-state index in [4.69, 9.17) is 0 Å². The maximum atomic E-state index is 4.32. The molecule has 3 nitrogen and oxygen atoms in total. The standard InChI is InChI=1S/C18H25N3S/c1-14-10-17(19-11-18-15(2)20-13-22-18)8-9-21(14)12-16-6-4-3-5-7-16/h3-7,13-14,17,19H,8-12H2,1-2H3/t14-,17+/m1/s1. The van der Waals surface area contributed by atoms with Gasteiger partial charge in [0.15, 0.2) is 0 Å². The van der Waals surface area contributed by atoms with Crippen LogP contribution in [-0.2, 0) is 13.1 Å². The molecule has 1 aliphatic heterocycles. The number of piperidine rings is 1. The molecule has 118 valence electrons. The Morgan fingerprint density at radius 2 is 2.14 bits per heavy atom. The van der Waals surface area contributed by atoms with Gasteiger partial charge in [0, 0.05) is 36.6 Å². The van der Waals surface area contributed by atoms with Crippen LogP contribution in [0.1, 0.15) is 35.9 Å². The Morgan fingerprint density at radius 1 is 1.32 bits per heavy atom. The lowest BCUT2D eigenvalue weighted by molar-refractivity contribution is 0.128. The van der Waals surface area contributed by atoms with Gasteiger partial charge in [0.25, 0.3) is 0 Å². The summed E-state index contributed by atoms with van der Waals surface area (Å²) in [5.74, 6) is 0. The van der Waals surface area contributed by atoms with Gasteiger partial charge in [-0.2, -0.15) is 0 Å². The van der Waals surface area contributed by atoms with Crippen molar-refractivity contribution in [2.75, 3.05) is 6.54 Å². The van der Waals surface area contributed by atoms with Crippen molar-refractivity contribution in [1.82, 2.24) is 15.2 Å².